The molecule has 3 fully saturated rings. The third-order valence-electron chi connectivity index (χ3n) is 5.61. The van der Waals surface area contributed by atoms with Crippen LogP contribution < -0.4 is 0 Å². The molecule has 1 heterocycles. The number of hydrogen-bond acceptors (Lipinski definition) is 2. The molecule has 1 saturated heterocycles. The highest BCUT2D eigenvalue weighted by molar-refractivity contribution is 5.86. The summed E-state index contributed by atoms with van der Waals surface area (Å²) in [4.78, 5) is 11.2. The molecule has 6 atom stereocenters. The SMILES string of the molecule is C=C(C(=O)O)[C@@H]1CCC(C)[C@@H]2CC[C@@]3(C)OC3[C@H]12. The molecule has 1 aliphatic heterocycles. The Bertz CT molecular complexity index is 403. The summed E-state index contributed by atoms with van der Waals surface area (Å²) in [5, 5.41) is 9.21. The minimum Gasteiger partial charge on any atom is -0.478 e. The Morgan fingerprint density at radius 2 is 2.11 bits per heavy atom. The molecule has 2 unspecified atom stereocenters. The maximum absolute atomic E-state index is 11.2. The molecule has 0 bridgehead atoms. The lowest BCUT2D eigenvalue weighted by molar-refractivity contribution is -0.134. The van der Waals surface area contributed by atoms with Gasteiger partial charge in [-0.1, -0.05) is 13.5 Å². The van der Waals surface area contributed by atoms with Gasteiger partial charge in [0.15, 0.2) is 0 Å². The molecule has 3 rings (SSSR count). The molecule has 3 nitrogen and oxygen atoms in total. The van der Waals surface area contributed by atoms with E-state index in [4.69, 9.17) is 4.74 Å². The van der Waals surface area contributed by atoms with Gasteiger partial charge in [0.05, 0.1) is 11.7 Å². The first-order valence-corrected chi connectivity index (χ1v) is 7.04. The van der Waals surface area contributed by atoms with E-state index in [2.05, 4.69) is 20.4 Å². The average Bonchev–Trinajstić information content (AvgIpc) is 3.01. The maximum atomic E-state index is 11.2. The van der Waals surface area contributed by atoms with E-state index in [0.29, 0.717) is 23.3 Å². The predicted molar refractivity (Wildman–Crippen MR) is 68.2 cm³/mol. The van der Waals surface area contributed by atoms with Gasteiger partial charge in [-0.2, -0.15) is 0 Å². The Hall–Kier alpha value is -0.830. The summed E-state index contributed by atoms with van der Waals surface area (Å²) >= 11 is 0. The fourth-order valence-electron chi connectivity index (χ4n) is 4.40. The van der Waals surface area contributed by atoms with Crippen LogP contribution in [0.1, 0.15) is 39.5 Å². The lowest BCUT2D eigenvalue weighted by atomic mass is 9.58. The molecule has 3 heteroatoms. The maximum Gasteiger partial charge on any atom is 0.331 e. The predicted octanol–water partition coefficient (Wildman–Crippen LogP) is 2.86. The van der Waals surface area contributed by atoms with Crippen molar-refractivity contribution in [3.05, 3.63) is 12.2 Å². The Morgan fingerprint density at radius 3 is 2.78 bits per heavy atom. The molecule has 2 aliphatic carbocycles. The van der Waals surface area contributed by atoms with Crippen LogP contribution in [-0.2, 0) is 9.53 Å². The number of carboxylic acids is 1. The van der Waals surface area contributed by atoms with Crippen molar-refractivity contribution in [2.24, 2.45) is 23.7 Å². The van der Waals surface area contributed by atoms with Crippen molar-refractivity contribution in [1.29, 1.82) is 0 Å². The van der Waals surface area contributed by atoms with Crippen LogP contribution in [0, 0.1) is 23.7 Å². The zero-order valence-electron chi connectivity index (χ0n) is 11.2. The van der Waals surface area contributed by atoms with Crippen LogP contribution in [0.4, 0.5) is 0 Å². The standard InChI is InChI=1S/C15H22O3/c1-8-4-5-11(9(2)14(16)17)12-10(8)6-7-15(3)13(12)18-15/h8,10-13H,2,4-7H2,1,3H3,(H,16,17)/t8?,10-,11-,12-,13?,15+/m0/s1. The number of aliphatic carboxylic acids is 1. The normalized spacial score (nSPS) is 50.0. The molecule has 100 valence electrons. The fraction of sp³-hybridized carbons (Fsp3) is 0.800. The van der Waals surface area contributed by atoms with Crippen LogP contribution in [0.3, 0.4) is 0 Å². The average molecular weight is 250 g/mol. The lowest BCUT2D eigenvalue weighted by Crippen LogP contribution is -2.43. The molecule has 0 amide bonds. The molecular formula is C15H22O3. The van der Waals surface area contributed by atoms with Crippen LogP contribution in [0.15, 0.2) is 12.2 Å². The lowest BCUT2D eigenvalue weighted by Gasteiger charge is -2.44. The van der Waals surface area contributed by atoms with Gasteiger partial charge in [-0.3, -0.25) is 0 Å². The van der Waals surface area contributed by atoms with Gasteiger partial charge in [-0.25, -0.2) is 4.79 Å². The van der Waals surface area contributed by atoms with Crippen molar-refractivity contribution in [2.75, 3.05) is 0 Å². The minimum absolute atomic E-state index is 0.0370. The van der Waals surface area contributed by atoms with Crippen LogP contribution in [-0.4, -0.2) is 22.8 Å². The number of hydrogen-bond donors (Lipinski definition) is 1. The Labute approximate surface area is 108 Å². The molecule has 0 aromatic rings. The first kappa shape index (κ1) is 12.2. The highest BCUT2D eigenvalue weighted by Crippen LogP contribution is 2.60. The van der Waals surface area contributed by atoms with Gasteiger partial charge in [0.1, 0.15) is 0 Å². The fourth-order valence-corrected chi connectivity index (χ4v) is 4.40. The summed E-state index contributed by atoms with van der Waals surface area (Å²) in [5.41, 5.74) is 0.437. The molecule has 0 spiro atoms. The van der Waals surface area contributed by atoms with Crippen LogP contribution in [0.5, 0.6) is 0 Å². The van der Waals surface area contributed by atoms with Crippen molar-refractivity contribution >= 4 is 5.97 Å². The van der Waals surface area contributed by atoms with Crippen LogP contribution >= 0.6 is 0 Å². The van der Waals surface area contributed by atoms with Crippen LogP contribution in [0.25, 0.3) is 0 Å². The number of ether oxygens (including phenoxy) is 1. The first-order valence-electron chi connectivity index (χ1n) is 7.04. The molecule has 0 aromatic carbocycles. The van der Waals surface area contributed by atoms with E-state index in [9.17, 15) is 9.90 Å². The smallest absolute Gasteiger partial charge is 0.331 e. The van der Waals surface area contributed by atoms with E-state index >= 15 is 0 Å². The van der Waals surface area contributed by atoms with E-state index in [1.807, 2.05) is 0 Å². The molecule has 2 saturated carbocycles. The zero-order valence-corrected chi connectivity index (χ0v) is 11.2. The Kier molecular flexibility index (Phi) is 2.60. The van der Waals surface area contributed by atoms with E-state index < -0.39 is 5.97 Å². The molecule has 3 aliphatic rings. The van der Waals surface area contributed by atoms with Gasteiger partial charge in [0, 0.05) is 5.57 Å². The summed E-state index contributed by atoms with van der Waals surface area (Å²) in [6.45, 7) is 8.30. The summed E-state index contributed by atoms with van der Waals surface area (Å²) in [6, 6.07) is 0. The third kappa shape index (κ3) is 1.63. The van der Waals surface area contributed by atoms with Gasteiger partial charge in [0.2, 0.25) is 0 Å². The summed E-state index contributed by atoms with van der Waals surface area (Å²) in [5.74, 6) is 0.996. The van der Waals surface area contributed by atoms with E-state index in [0.717, 1.165) is 19.3 Å². The third-order valence-corrected chi connectivity index (χ3v) is 5.61. The highest BCUT2D eigenvalue weighted by Gasteiger charge is 2.63. The summed E-state index contributed by atoms with van der Waals surface area (Å²) in [7, 11) is 0. The Morgan fingerprint density at radius 1 is 1.39 bits per heavy atom. The van der Waals surface area contributed by atoms with Crippen LogP contribution in [0.2, 0.25) is 0 Å². The van der Waals surface area contributed by atoms with E-state index in [1.165, 1.54) is 6.42 Å². The molecule has 0 radical (unpaired) electrons. The second-order valence-corrected chi connectivity index (χ2v) is 6.62. The largest absolute Gasteiger partial charge is 0.478 e. The van der Waals surface area contributed by atoms with Gasteiger partial charge in [0.25, 0.3) is 0 Å². The molecule has 1 N–H and O–H groups in total. The van der Waals surface area contributed by atoms with E-state index in [1.54, 1.807) is 0 Å². The second kappa shape index (κ2) is 3.83. The quantitative estimate of drug-likeness (QED) is 0.605. The van der Waals surface area contributed by atoms with Gasteiger partial charge in [-0.05, 0) is 56.3 Å². The van der Waals surface area contributed by atoms with E-state index in [-0.39, 0.29) is 17.6 Å². The van der Waals surface area contributed by atoms with Gasteiger partial charge in [-0.15, -0.1) is 0 Å². The van der Waals surface area contributed by atoms with Crippen molar-refractivity contribution < 1.29 is 14.6 Å². The minimum atomic E-state index is -0.832. The topological polar surface area (TPSA) is 49.8 Å². The highest BCUT2D eigenvalue weighted by atomic mass is 16.6. The zero-order chi connectivity index (χ0) is 13.1. The summed E-state index contributed by atoms with van der Waals surface area (Å²) in [6.07, 6.45) is 4.68. The number of carboxylic acid groups (broad SMARTS) is 1. The molecular weight excluding hydrogens is 228 g/mol. The Balaban J connectivity index is 1.87. The summed E-state index contributed by atoms with van der Waals surface area (Å²) < 4.78 is 5.91. The molecule has 18 heavy (non-hydrogen) atoms. The molecule has 0 aromatic heterocycles. The van der Waals surface area contributed by atoms with Crippen molar-refractivity contribution in [3.8, 4) is 0 Å². The van der Waals surface area contributed by atoms with Crippen molar-refractivity contribution in [3.63, 3.8) is 0 Å². The first-order chi connectivity index (χ1) is 8.44. The number of carbonyl (C=O) groups is 1. The van der Waals surface area contributed by atoms with Crippen molar-refractivity contribution in [2.45, 2.75) is 51.2 Å². The van der Waals surface area contributed by atoms with Gasteiger partial charge >= 0.3 is 5.97 Å². The second-order valence-electron chi connectivity index (χ2n) is 6.62. The number of fused-ring (bicyclic) bond motifs is 3. The van der Waals surface area contributed by atoms with Gasteiger partial charge < -0.3 is 9.84 Å². The number of epoxide rings is 1. The number of rotatable bonds is 2. The van der Waals surface area contributed by atoms with Crippen molar-refractivity contribution in [1.82, 2.24) is 0 Å². The monoisotopic (exact) mass is 250 g/mol.